The van der Waals surface area contributed by atoms with E-state index in [9.17, 15) is 14.7 Å². The molecule has 0 saturated carbocycles. The van der Waals surface area contributed by atoms with Crippen molar-refractivity contribution >= 4 is 40.2 Å². The number of ketones is 1. The highest BCUT2D eigenvalue weighted by Gasteiger charge is 2.47. The van der Waals surface area contributed by atoms with Gasteiger partial charge in [0, 0.05) is 48.0 Å². The number of ether oxygens (including phenoxy) is 1. The van der Waals surface area contributed by atoms with Gasteiger partial charge in [-0.25, -0.2) is 0 Å². The summed E-state index contributed by atoms with van der Waals surface area (Å²) < 4.78 is 5.71. The number of carbonyl (C=O) groups excluding carboxylic acids is 2. The topological polar surface area (TPSA) is 73.3 Å². The minimum Gasteiger partial charge on any atom is -0.507 e. The quantitative estimate of drug-likeness (QED) is 0.273. The predicted molar refractivity (Wildman–Crippen MR) is 147 cm³/mol. The second kappa shape index (κ2) is 10.8. The summed E-state index contributed by atoms with van der Waals surface area (Å²) >= 11 is 1.45. The maximum atomic E-state index is 13.4. The third-order valence-electron chi connectivity index (χ3n) is 6.83. The molecule has 1 N–H and O–H groups in total. The van der Waals surface area contributed by atoms with Gasteiger partial charge in [0.25, 0.3) is 11.7 Å². The number of thiophene rings is 1. The van der Waals surface area contributed by atoms with Gasteiger partial charge in [0.05, 0.1) is 12.2 Å². The van der Waals surface area contributed by atoms with Crippen LogP contribution in [-0.4, -0.2) is 61.5 Å². The molecule has 2 aliphatic rings. The number of carbonyl (C=O) groups is 2. The molecule has 2 aromatic carbocycles. The standard InChI is InChI=1S/C29H31N3O4S/c1-3-17-36-23-7-4-6-20(19-23)27(33)25-26(24-8-5-18-37-24)32(29(35)28(25)34)22-11-9-21(10-12-22)31-15-13-30(2)14-16-31/h4-12,18-19,26,33H,3,13-17H2,1-2H3/b27-25-. The van der Waals surface area contributed by atoms with Crippen molar-refractivity contribution in [1.29, 1.82) is 0 Å². The Morgan fingerprint density at radius 2 is 1.73 bits per heavy atom. The number of hydrogen-bond donors (Lipinski definition) is 1. The van der Waals surface area contributed by atoms with Crippen LogP contribution in [0.1, 0.15) is 29.8 Å². The molecule has 37 heavy (non-hydrogen) atoms. The first-order valence-electron chi connectivity index (χ1n) is 12.6. The lowest BCUT2D eigenvalue weighted by Crippen LogP contribution is -2.44. The number of Topliss-reactive ketones (excluding diaryl/α,β-unsaturated/α-hetero) is 1. The molecule has 1 amide bonds. The number of rotatable bonds is 7. The molecule has 8 heteroatoms. The van der Waals surface area contributed by atoms with Crippen LogP contribution in [0, 0.1) is 0 Å². The van der Waals surface area contributed by atoms with Crippen LogP contribution in [0.25, 0.3) is 5.76 Å². The normalized spacial score (nSPS) is 20.0. The summed E-state index contributed by atoms with van der Waals surface area (Å²) in [5.41, 5.74) is 2.24. The molecule has 0 aliphatic carbocycles. The van der Waals surface area contributed by atoms with Gasteiger partial charge >= 0.3 is 0 Å². The van der Waals surface area contributed by atoms with Crippen molar-refractivity contribution in [2.24, 2.45) is 0 Å². The maximum Gasteiger partial charge on any atom is 0.300 e. The van der Waals surface area contributed by atoms with Crippen molar-refractivity contribution in [3.8, 4) is 5.75 Å². The van der Waals surface area contributed by atoms with Gasteiger partial charge < -0.3 is 19.6 Å². The molecule has 7 nitrogen and oxygen atoms in total. The molecule has 5 rings (SSSR count). The van der Waals surface area contributed by atoms with E-state index in [4.69, 9.17) is 4.74 Å². The third-order valence-corrected chi connectivity index (χ3v) is 7.76. The Balaban J connectivity index is 1.52. The summed E-state index contributed by atoms with van der Waals surface area (Å²) in [6.45, 7) is 6.45. The Morgan fingerprint density at radius 1 is 1.00 bits per heavy atom. The second-order valence-electron chi connectivity index (χ2n) is 9.37. The molecule has 1 unspecified atom stereocenters. The molecule has 1 atom stereocenters. The molecule has 1 aromatic heterocycles. The first-order chi connectivity index (χ1) is 18.0. The van der Waals surface area contributed by atoms with Gasteiger partial charge in [-0.3, -0.25) is 14.5 Å². The zero-order valence-electron chi connectivity index (χ0n) is 21.1. The van der Waals surface area contributed by atoms with E-state index in [1.807, 2.05) is 54.8 Å². The van der Waals surface area contributed by atoms with E-state index >= 15 is 0 Å². The largest absolute Gasteiger partial charge is 0.507 e. The highest BCUT2D eigenvalue weighted by molar-refractivity contribution is 7.10. The molecule has 0 radical (unpaired) electrons. The average molecular weight is 518 g/mol. The third kappa shape index (κ3) is 4.99. The van der Waals surface area contributed by atoms with Crippen molar-refractivity contribution in [3.05, 3.63) is 82.1 Å². The average Bonchev–Trinajstić information content (AvgIpc) is 3.54. The molecule has 2 saturated heterocycles. The van der Waals surface area contributed by atoms with E-state index in [2.05, 4.69) is 16.8 Å². The molecule has 2 aliphatic heterocycles. The van der Waals surface area contributed by atoms with Gasteiger partial charge in [-0.2, -0.15) is 0 Å². The first-order valence-corrected chi connectivity index (χ1v) is 13.5. The lowest BCUT2D eigenvalue weighted by atomic mass is 9.99. The molecular weight excluding hydrogens is 486 g/mol. The summed E-state index contributed by atoms with van der Waals surface area (Å²) in [6.07, 6.45) is 0.854. The number of aliphatic hydroxyl groups excluding tert-OH is 1. The van der Waals surface area contributed by atoms with Gasteiger partial charge in [0.15, 0.2) is 0 Å². The van der Waals surface area contributed by atoms with Gasteiger partial charge in [0.1, 0.15) is 17.6 Å². The summed E-state index contributed by atoms with van der Waals surface area (Å²) in [5, 5.41) is 13.3. The monoisotopic (exact) mass is 517 g/mol. The Labute approximate surface area is 221 Å². The zero-order chi connectivity index (χ0) is 25.9. The number of amides is 1. The van der Waals surface area contributed by atoms with E-state index in [1.165, 1.54) is 16.2 Å². The molecular formula is C29H31N3O4S. The summed E-state index contributed by atoms with van der Waals surface area (Å²) in [4.78, 5) is 33.7. The fourth-order valence-corrected chi connectivity index (χ4v) is 5.64. The van der Waals surface area contributed by atoms with Gasteiger partial charge in [-0.1, -0.05) is 25.1 Å². The SMILES string of the molecule is CCCOc1cccc(/C(O)=C2/C(=O)C(=O)N(c3ccc(N4CCN(C)CC4)cc3)C2c2cccs2)c1. The lowest BCUT2D eigenvalue weighted by Gasteiger charge is -2.34. The van der Waals surface area contributed by atoms with Gasteiger partial charge in [-0.05, 0) is 61.3 Å². The number of nitrogens with zero attached hydrogens (tertiary/aromatic N) is 3. The van der Waals surface area contributed by atoms with Crippen LogP contribution in [-0.2, 0) is 9.59 Å². The number of piperazine rings is 1. The van der Waals surface area contributed by atoms with E-state index in [0.29, 0.717) is 23.6 Å². The van der Waals surface area contributed by atoms with Gasteiger partial charge in [-0.15, -0.1) is 11.3 Å². The molecule has 3 aromatic rings. The fraction of sp³-hybridized carbons (Fsp3) is 0.310. The Hall–Kier alpha value is -3.62. The number of aliphatic hydroxyl groups is 1. The minimum absolute atomic E-state index is 0.0863. The van der Waals surface area contributed by atoms with Crippen molar-refractivity contribution in [2.45, 2.75) is 19.4 Å². The zero-order valence-corrected chi connectivity index (χ0v) is 21.9. The van der Waals surface area contributed by atoms with Crippen LogP contribution in [0.3, 0.4) is 0 Å². The van der Waals surface area contributed by atoms with E-state index in [-0.39, 0.29) is 11.3 Å². The molecule has 0 spiro atoms. The highest BCUT2D eigenvalue weighted by atomic mass is 32.1. The number of benzene rings is 2. The van der Waals surface area contributed by atoms with Crippen LogP contribution in [0.15, 0.2) is 71.6 Å². The highest BCUT2D eigenvalue weighted by Crippen LogP contribution is 2.44. The van der Waals surface area contributed by atoms with Crippen LogP contribution in [0.5, 0.6) is 5.75 Å². The van der Waals surface area contributed by atoms with E-state index in [1.54, 1.807) is 18.2 Å². The minimum atomic E-state index is -0.713. The van der Waals surface area contributed by atoms with E-state index < -0.39 is 17.7 Å². The Kier molecular flexibility index (Phi) is 7.30. The summed E-state index contributed by atoms with van der Waals surface area (Å²) in [7, 11) is 2.12. The fourth-order valence-electron chi connectivity index (χ4n) is 4.81. The predicted octanol–water partition coefficient (Wildman–Crippen LogP) is 4.92. The molecule has 2 fully saturated rings. The van der Waals surface area contributed by atoms with Crippen molar-refractivity contribution in [2.75, 3.05) is 49.6 Å². The van der Waals surface area contributed by atoms with Crippen LogP contribution < -0.4 is 14.5 Å². The van der Waals surface area contributed by atoms with E-state index in [0.717, 1.165) is 43.2 Å². The maximum absolute atomic E-state index is 13.4. The number of likely N-dealkylation sites (N-methyl/N-ethyl adjacent to an activating group) is 1. The van der Waals surface area contributed by atoms with Crippen LogP contribution in [0.4, 0.5) is 11.4 Å². The first kappa shape index (κ1) is 25.0. The van der Waals surface area contributed by atoms with Crippen molar-refractivity contribution in [1.82, 2.24) is 4.90 Å². The lowest BCUT2D eigenvalue weighted by molar-refractivity contribution is -0.132. The van der Waals surface area contributed by atoms with Gasteiger partial charge in [0.2, 0.25) is 0 Å². The summed E-state index contributed by atoms with van der Waals surface area (Å²) in [5.74, 6) is -0.938. The van der Waals surface area contributed by atoms with Crippen LogP contribution >= 0.6 is 11.3 Å². The Morgan fingerprint density at radius 3 is 2.41 bits per heavy atom. The van der Waals surface area contributed by atoms with Crippen molar-refractivity contribution in [3.63, 3.8) is 0 Å². The second-order valence-corrected chi connectivity index (χ2v) is 10.3. The molecule has 3 heterocycles. The molecule has 0 bridgehead atoms. The number of hydrogen-bond acceptors (Lipinski definition) is 7. The van der Waals surface area contributed by atoms with Crippen molar-refractivity contribution < 1.29 is 19.4 Å². The summed E-state index contributed by atoms with van der Waals surface area (Å²) in [6, 6.07) is 17.8. The smallest absolute Gasteiger partial charge is 0.300 e. The Bertz CT molecular complexity index is 1290. The van der Waals surface area contributed by atoms with Crippen LogP contribution in [0.2, 0.25) is 0 Å². The molecule has 192 valence electrons. The number of anilines is 2.